The molecular weight excluding hydrogens is 388 g/mol. The van der Waals surface area contributed by atoms with Gasteiger partial charge in [-0.3, -0.25) is 9.69 Å². The molecule has 0 aliphatic carbocycles. The molecule has 0 spiro atoms. The third kappa shape index (κ3) is 8.38. The van der Waals surface area contributed by atoms with Crippen LogP contribution in [-0.4, -0.2) is 97.9 Å². The SMILES string of the molecule is COC(=O)CCCNC(=O)N1CCN(CC2CCN(C(=O)OC(C)(C)C)CC2)CC1. The second kappa shape index (κ2) is 11.4. The maximum Gasteiger partial charge on any atom is 0.410 e. The number of methoxy groups -OCH3 is 1. The van der Waals surface area contributed by atoms with Crippen LogP contribution in [0.4, 0.5) is 9.59 Å². The van der Waals surface area contributed by atoms with E-state index in [1.165, 1.54) is 7.11 Å². The van der Waals surface area contributed by atoms with Gasteiger partial charge in [0.25, 0.3) is 0 Å². The van der Waals surface area contributed by atoms with Crippen molar-refractivity contribution in [1.82, 2.24) is 20.0 Å². The zero-order valence-corrected chi connectivity index (χ0v) is 18.9. The van der Waals surface area contributed by atoms with E-state index in [0.717, 1.165) is 45.6 Å². The summed E-state index contributed by atoms with van der Waals surface area (Å²) in [5.74, 6) is 0.317. The molecule has 2 rings (SSSR count). The highest BCUT2D eigenvalue weighted by atomic mass is 16.6. The predicted molar refractivity (Wildman–Crippen MR) is 113 cm³/mol. The quantitative estimate of drug-likeness (QED) is 0.515. The van der Waals surface area contributed by atoms with Crippen molar-refractivity contribution in [3.63, 3.8) is 0 Å². The van der Waals surface area contributed by atoms with Gasteiger partial charge in [0.15, 0.2) is 0 Å². The Hall–Kier alpha value is -2.03. The minimum atomic E-state index is -0.457. The number of amides is 3. The first-order valence-electron chi connectivity index (χ1n) is 11.0. The summed E-state index contributed by atoms with van der Waals surface area (Å²) in [4.78, 5) is 41.6. The number of likely N-dealkylation sites (tertiary alicyclic amines) is 1. The Morgan fingerprint density at radius 1 is 0.967 bits per heavy atom. The molecule has 0 bridgehead atoms. The molecule has 30 heavy (non-hydrogen) atoms. The average molecular weight is 427 g/mol. The maximum atomic E-state index is 12.2. The molecule has 9 heteroatoms. The van der Waals surface area contributed by atoms with Crippen molar-refractivity contribution >= 4 is 18.1 Å². The van der Waals surface area contributed by atoms with Gasteiger partial charge in [0.1, 0.15) is 5.60 Å². The van der Waals surface area contributed by atoms with E-state index in [1.54, 1.807) is 0 Å². The van der Waals surface area contributed by atoms with Gasteiger partial charge in [0, 0.05) is 58.8 Å². The summed E-state index contributed by atoms with van der Waals surface area (Å²) in [6.07, 6.45) is 2.66. The Balaban J connectivity index is 1.61. The molecule has 3 amide bonds. The minimum Gasteiger partial charge on any atom is -0.469 e. The lowest BCUT2D eigenvalue weighted by Crippen LogP contribution is -2.53. The highest BCUT2D eigenvalue weighted by Gasteiger charge is 2.29. The molecule has 172 valence electrons. The van der Waals surface area contributed by atoms with Gasteiger partial charge in [-0.15, -0.1) is 0 Å². The predicted octanol–water partition coefficient (Wildman–Crippen LogP) is 1.91. The number of carbonyl (C=O) groups is 3. The largest absolute Gasteiger partial charge is 0.469 e. The molecule has 2 saturated heterocycles. The lowest BCUT2D eigenvalue weighted by molar-refractivity contribution is -0.140. The summed E-state index contributed by atoms with van der Waals surface area (Å²) in [5, 5.41) is 2.87. The molecule has 0 aromatic carbocycles. The first kappa shape index (κ1) is 24.2. The lowest BCUT2D eigenvalue weighted by Gasteiger charge is -2.39. The first-order valence-corrected chi connectivity index (χ1v) is 11.0. The molecule has 2 aliphatic rings. The number of nitrogens with one attached hydrogen (secondary N) is 1. The molecule has 2 aliphatic heterocycles. The van der Waals surface area contributed by atoms with E-state index in [9.17, 15) is 14.4 Å². The highest BCUT2D eigenvalue weighted by molar-refractivity contribution is 5.74. The van der Waals surface area contributed by atoms with Gasteiger partial charge in [-0.05, 0) is 46.0 Å². The normalized spacial score (nSPS) is 18.8. The van der Waals surface area contributed by atoms with E-state index in [2.05, 4.69) is 15.0 Å². The number of hydrogen-bond donors (Lipinski definition) is 1. The Labute approximate surface area is 180 Å². The molecule has 0 aromatic heterocycles. The standard InChI is InChI=1S/C21H38N4O5/c1-21(2,3)30-20(28)25-10-7-17(8-11-25)16-23-12-14-24(15-13-23)19(27)22-9-5-6-18(26)29-4/h17H,5-16H2,1-4H3,(H,22,27). The smallest absolute Gasteiger partial charge is 0.410 e. The fourth-order valence-electron chi connectivity index (χ4n) is 3.77. The number of esters is 1. The van der Waals surface area contributed by atoms with Crippen LogP contribution >= 0.6 is 0 Å². The molecule has 0 radical (unpaired) electrons. The number of nitrogens with zero attached hydrogens (tertiary/aromatic N) is 3. The Bertz CT molecular complexity index is 576. The zero-order chi connectivity index (χ0) is 22.1. The molecule has 0 aromatic rings. The third-order valence-corrected chi connectivity index (χ3v) is 5.50. The highest BCUT2D eigenvalue weighted by Crippen LogP contribution is 2.21. The van der Waals surface area contributed by atoms with E-state index in [4.69, 9.17) is 4.74 Å². The van der Waals surface area contributed by atoms with Crippen LogP contribution in [0.25, 0.3) is 0 Å². The van der Waals surface area contributed by atoms with Crippen molar-refractivity contribution in [2.75, 3.05) is 59.5 Å². The van der Waals surface area contributed by atoms with Gasteiger partial charge in [-0.25, -0.2) is 9.59 Å². The van der Waals surface area contributed by atoms with E-state index in [1.807, 2.05) is 30.6 Å². The maximum absolute atomic E-state index is 12.2. The van der Waals surface area contributed by atoms with Crippen LogP contribution in [-0.2, 0) is 14.3 Å². The molecule has 0 atom stereocenters. The van der Waals surface area contributed by atoms with Gasteiger partial charge in [0.05, 0.1) is 7.11 Å². The molecule has 0 unspecified atom stereocenters. The van der Waals surface area contributed by atoms with Gasteiger partial charge in [0.2, 0.25) is 0 Å². The number of ether oxygens (including phenoxy) is 2. The number of hydrogen-bond acceptors (Lipinski definition) is 6. The summed E-state index contributed by atoms with van der Waals surface area (Å²) >= 11 is 0. The Morgan fingerprint density at radius 3 is 2.17 bits per heavy atom. The second-order valence-corrected chi connectivity index (χ2v) is 9.11. The van der Waals surface area contributed by atoms with Crippen molar-refractivity contribution in [2.24, 2.45) is 5.92 Å². The summed E-state index contributed by atoms with van der Waals surface area (Å²) in [7, 11) is 1.37. The zero-order valence-electron chi connectivity index (χ0n) is 18.9. The van der Waals surface area contributed by atoms with Crippen molar-refractivity contribution in [3.05, 3.63) is 0 Å². The summed E-state index contributed by atoms with van der Waals surface area (Å²) in [6.45, 7) is 11.8. The van der Waals surface area contributed by atoms with Crippen LogP contribution in [0.15, 0.2) is 0 Å². The Morgan fingerprint density at radius 2 is 1.60 bits per heavy atom. The number of urea groups is 1. The molecule has 1 N–H and O–H groups in total. The van der Waals surface area contributed by atoms with Crippen molar-refractivity contribution in [2.45, 2.75) is 52.1 Å². The lowest BCUT2D eigenvalue weighted by atomic mass is 9.96. The second-order valence-electron chi connectivity index (χ2n) is 9.11. The number of carbonyl (C=O) groups excluding carboxylic acids is 3. The number of piperazine rings is 1. The molecule has 0 saturated carbocycles. The third-order valence-electron chi connectivity index (χ3n) is 5.50. The average Bonchev–Trinajstić information content (AvgIpc) is 2.70. The van der Waals surface area contributed by atoms with E-state index < -0.39 is 5.60 Å². The fourth-order valence-corrected chi connectivity index (χ4v) is 3.77. The molecule has 2 fully saturated rings. The molecule has 2 heterocycles. The monoisotopic (exact) mass is 426 g/mol. The number of rotatable bonds is 6. The van der Waals surface area contributed by atoms with Gasteiger partial charge in [-0.2, -0.15) is 0 Å². The van der Waals surface area contributed by atoms with Gasteiger partial charge >= 0.3 is 18.1 Å². The van der Waals surface area contributed by atoms with E-state index in [-0.39, 0.29) is 18.1 Å². The Kier molecular flexibility index (Phi) is 9.20. The van der Waals surface area contributed by atoms with Crippen LogP contribution in [0.2, 0.25) is 0 Å². The minimum absolute atomic E-state index is 0.0646. The molecular formula is C21H38N4O5. The fraction of sp³-hybridized carbons (Fsp3) is 0.857. The van der Waals surface area contributed by atoms with Crippen molar-refractivity contribution in [3.8, 4) is 0 Å². The van der Waals surface area contributed by atoms with Crippen LogP contribution in [0.3, 0.4) is 0 Å². The van der Waals surface area contributed by atoms with Crippen molar-refractivity contribution in [1.29, 1.82) is 0 Å². The van der Waals surface area contributed by atoms with Crippen LogP contribution in [0.1, 0.15) is 46.5 Å². The summed E-state index contributed by atoms with van der Waals surface area (Å²) < 4.78 is 10.1. The van der Waals surface area contributed by atoms with Crippen LogP contribution in [0, 0.1) is 5.92 Å². The number of piperidine rings is 1. The van der Waals surface area contributed by atoms with Gasteiger partial charge in [-0.1, -0.05) is 0 Å². The van der Waals surface area contributed by atoms with Crippen molar-refractivity contribution < 1.29 is 23.9 Å². The summed E-state index contributed by atoms with van der Waals surface area (Å²) in [5.41, 5.74) is -0.457. The van der Waals surface area contributed by atoms with E-state index in [0.29, 0.717) is 38.4 Å². The van der Waals surface area contributed by atoms with E-state index >= 15 is 0 Å². The first-order chi connectivity index (χ1) is 14.2. The molecule has 9 nitrogen and oxygen atoms in total. The van der Waals surface area contributed by atoms with Crippen LogP contribution in [0.5, 0.6) is 0 Å². The van der Waals surface area contributed by atoms with Crippen LogP contribution < -0.4 is 5.32 Å². The van der Waals surface area contributed by atoms with Gasteiger partial charge < -0.3 is 24.6 Å². The summed E-state index contributed by atoms with van der Waals surface area (Å²) in [6, 6.07) is -0.0646. The topological polar surface area (TPSA) is 91.4 Å².